The molecule has 4 atom stereocenters. The van der Waals surface area contributed by atoms with Gasteiger partial charge in [0.05, 0.1) is 5.69 Å². The molecule has 1 aliphatic carbocycles. The van der Waals surface area contributed by atoms with Gasteiger partial charge in [-0.05, 0) is 23.7 Å². The number of aliphatic carboxylic acids is 1. The summed E-state index contributed by atoms with van der Waals surface area (Å²) in [5, 5.41) is 15.6. The van der Waals surface area contributed by atoms with Crippen LogP contribution in [-0.2, 0) is 9.59 Å². The molecule has 3 rings (SSSR count). The number of piperidine rings is 1. The van der Waals surface area contributed by atoms with Crippen LogP contribution >= 0.6 is 11.3 Å². The number of amides is 1. The number of carbonyl (C=O) groups excluding carboxylic acids is 1. The van der Waals surface area contributed by atoms with Crippen LogP contribution in [0.3, 0.4) is 0 Å². The van der Waals surface area contributed by atoms with Crippen LogP contribution in [0.15, 0.2) is 5.38 Å². The molecule has 0 bridgehead atoms. The number of anilines is 1. The Kier molecular flexibility index (Phi) is 4.14. The molecule has 1 aromatic heterocycles. The van der Waals surface area contributed by atoms with Gasteiger partial charge in [-0.15, -0.1) is 11.3 Å². The highest BCUT2D eigenvalue weighted by Gasteiger charge is 2.70. The minimum Gasteiger partial charge on any atom is -0.480 e. The van der Waals surface area contributed by atoms with Gasteiger partial charge < -0.3 is 15.3 Å². The fraction of sp³-hybridized carbons (Fsp3) is 0.722. The normalized spacial score (nSPS) is 28.4. The van der Waals surface area contributed by atoms with E-state index in [1.807, 2.05) is 33.1 Å². The highest BCUT2D eigenvalue weighted by Crippen LogP contribution is 2.65. The monoisotopic (exact) mass is 365 g/mol. The predicted octanol–water partition coefficient (Wildman–Crippen LogP) is 2.85. The summed E-state index contributed by atoms with van der Waals surface area (Å²) < 4.78 is 0. The zero-order valence-corrected chi connectivity index (χ0v) is 16.5. The van der Waals surface area contributed by atoms with E-state index in [9.17, 15) is 14.7 Å². The summed E-state index contributed by atoms with van der Waals surface area (Å²) in [5.41, 5.74) is 0.555. The van der Waals surface area contributed by atoms with E-state index in [4.69, 9.17) is 0 Å². The first-order chi connectivity index (χ1) is 11.4. The number of carboxylic acids is 1. The maximum absolute atomic E-state index is 13.3. The Bertz CT molecular complexity index is 707. The van der Waals surface area contributed by atoms with Crippen molar-refractivity contribution in [3.8, 4) is 0 Å². The van der Waals surface area contributed by atoms with Gasteiger partial charge in [0, 0.05) is 17.8 Å². The lowest BCUT2D eigenvalue weighted by Crippen LogP contribution is -2.54. The van der Waals surface area contributed by atoms with Crippen LogP contribution in [-0.4, -0.2) is 45.5 Å². The molecule has 2 N–H and O–H groups in total. The van der Waals surface area contributed by atoms with Crippen molar-refractivity contribution in [2.75, 3.05) is 11.9 Å². The number of carbonyl (C=O) groups is 2. The van der Waals surface area contributed by atoms with Gasteiger partial charge >= 0.3 is 5.97 Å². The number of hydrogen-bond acceptors (Lipinski definition) is 5. The molecule has 2 aliphatic rings. The van der Waals surface area contributed by atoms with Gasteiger partial charge in [0.2, 0.25) is 5.91 Å². The molecule has 1 aliphatic heterocycles. The smallest absolute Gasteiger partial charge is 0.326 e. The van der Waals surface area contributed by atoms with Gasteiger partial charge in [0.25, 0.3) is 0 Å². The predicted molar refractivity (Wildman–Crippen MR) is 97.6 cm³/mol. The Morgan fingerprint density at radius 3 is 2.56 bits per heavy atom. The molecule has 138 valence electrons. The lowest BCUT2D eigenvalue weighted by Gasteiger charge is -2.36. The van der Waals surface area contributed by atoms with E-state index in [1.54, 1.807) is 4.90 Å². The molecule has 25 heavy (non-hydrogen) atoms. The van der Waals surface area contributed by atoms with Gasteiger partial charge in [0.1, 0.15) is 12.1 Å². The van der Waals surface area contributed by atoms with Crippen molar-refractivity contribution in [3.05, 3.63) is 11.1 Å². The largest absolute Gasteiger partial charge is 0.480 e. The zero-order chi connectivity index (χ0) is 18.7. The zero-order valence-electron chi connectivity index (χ0n) is 15.7. The molecular weight excluding hydrogens is 338 g/mol. The summed E-state index contributed by atoms with van der Waals surface area (Å²) in [6, 6.07) is -1.24. The molecule has 6 nitrogen and oxygen atoms in total. The molecule has 2 heterocycles. The van der Waals surface area contributed by atoms with Gasteiger partial charge in [0.15, 0.2) is 5.13 Å². The standard InChI is InChI=1S/C18H27N3O3S/c1-9-8-25-16(19-9)20-13(17(2,3)4)14(22)21-7-10-11(18(10,5)6)12(21)15(23)24/h8,10-13H,7H2,1-6H3,(H,19,20)(H,23,24)/t10-,11-,12-,13+/m0/s1. The molecule has 1 amide bonds. The fourth-order valence-corrected chi connectivity index (χ4v) is 4.87. The molecular formula is C18H27N3O3S. The first-order valence-corrected chi connectivity index (χ1v) is 9.54. The second-order valence-electron chi connectivity index (χ2n) is 8.96. The van der Waals surface area contributed by atoms with Gasteiger partial charge in [-0.25, -0.2) is 9.78 Å². The average molecular weight is 365 g/mol. The van der Waals surface area contributed by atoms with Crippen LogP contribution in [0.1, 0.15) is 40.3 Å². The quantitative estimate of drug-likeness (QED) is 0.857. The van der Waals surface area contributed by atoms with E-state index in [-0.39, 0.29) is 28.6 Å². The van der Waals surface area contributed by atoms with E-state index in [2.05, 4.69) is 24.1 Å². The number of hydrogen-bond donors (Lipinski definition) is 2. The van der Waals surface area contributed by atoms with Gasteiger partial charge in [-0.3, -0.25) is 4.79 Å². The molecule has 0 radical (unpaired) electrons. The van der Waals surface area contributed by atoms with E-state index >= 15 is 0 Å². The number of thiazole rings is 1. The highest BCUT2D eigenvalue weighted by atomic mass is 32.1. The minimum absolute atomic E-state index is 0.0108. The van der Waals surface area contributed by atoms with Crippen molar-refractivity contribution in [2.45, 2.75) is 53.6 Å². The lowest BCUT2D eigenvalue weighted by molar-refractivity contribution is -0.151. The van der Waals surface area contributed by atoms with Crippen molar-refractivity contribution < 1.29 is 14.7 Å². The first-order valence-electron chi connectivity index (χ1n) is 8.66. The summed E-state index contributed by atoms with van der Waals surface area (Å²) in [7, 11) is 0. The Morgan fingerprint density at radius 1 is 1.44 bits per heavy atom. The van der Waals surface area contributed by atoms with Crippen molar-refractivity contribution in [1.29, 1.82) is 0 Å². The molecule has 0 spiro atoms. The van der Waals surface area contributed by atoms with Crippen LogP contribution < -0.4 is 5.32 Å². The summed E-state index contributed by atoms with van der Waals surface area (Å²) in [4.78, 5) is 31.1. The SMILES string of the molecule is Cc1csc(N[C@H](C(=O)N2C[C@H]3[C@@H]([C@H]2C(=O)O)C3(C)C)C(C)(C)C)n1. The number of carboxylic acid groups (broad SMARTS) is 1. The van der Waals surface area contributed by atoms with Crippen LogP contribution in [0.5, 0.6) is 0 Å². The van der Waals surface area contributed by atoms with Crippen molar-refractivity contribution in [3.63, 3.8) is 0 Å². The number of rotatable bonds is 4. The van der Waals surface area contributed by atoms with Crippen LogP contribution in [0, 0.1) is 29.6 Å². The van der Waals surface area contributed by atoms with E-state index in [0.717, 1.165) is 5.69 Å². The second kappa shape index (κ2) is 5.69. The maximum atomic E-state index is 13.3. The van der Waals surface area contributed by atoms with Gasteiger partial charge in [-0.2, -0.15) is 0 Å². The van der Waals surface area contributed by atoms with Crippen molar-refractivity contribution in [1.82, 2.24) is 9.88 Å². The Labute approximate surface area is 152 Å². The molecule has 1 aromatic rings. The fourth-order valence-electron chi connectivity index (χ4n) is 4.15. The topological polar surface area (TPSA) is 82.5 Å². The Morgan fingerprint density at radius 2 is 2.08 bits per heavy atom. The molecule has 2 fully saturated rings. The van der Waals surface area contributed by atoms with E-state index in [1.165, 1.54) is 11.3 Å². The summed E-state index contributed by atoms with van der Waals surface area (Å²) in [6.07, 6.45) is 0. The first kappa shape index (κ1) is 18.2. The molecule has 1 saturated heterocycles. The number of aromatic nitrogens is 1. The third-order valence-corrected chi connectivity index (χ3v) is 6.64. The lowest BCUT2D eigenvalue weighted by atomic mass is 9.85. The highest BCUT2D eigenvalue weighted by molar-refractivity contribution is 7.13. The Hall–Kier alpha value is -1.63. The van der Waals surface area contributed by atoms with Crippen LogP contribution in [0.4, 0.5) is 5.13 Å². The number of nitrogens with zero attached hydrogens (tertiary/aromatic N) is 2. The second-order valence-corrected chi connectivity index (χ2v) is 9.82. The molecule has 1 saturated carbocycles. The number of aryl methyl sites for hydroxylation is 1. The maximum Gasteiger partial charge on any atom is 0.326 e. The van der Waals surface area contributed by atoms with Gasteiger partial charge in [-0.1, -0.05) is 34.6 Å². The molecule has 7 heteroatoms. The van der Waals surface area contributed by atoms with E-state index < -0.39 is 18.1 Å². The third-order valence-electron chi connectivity index (χ3n) is 5.74. The minimum atomic E-state index is -0.899. The summed E-state index contributed by atoms with van der Waals surface area (Å²) >= 11 is 1.46. The average Bonchev–Trinajstić information content (AvgIpc) is 2.89. The summed E-state index contributed by atoms with van der Waals surface area (Å²) in [5.74, 6) is -0.711. The molecule has 0 aromatic carbocycles. The van der Waals surface area contributed by atoms with Crippen molar-refractivity contribution in [2.24, 2.45) is 22.7 Å². The number of likely N-dealkylation sites (tertiary alicyclic amines) is 1. The van der Waals surface area contributed by atoms with E-state index in [0.29, 0.717) is 11.7 Å². The number of fused-ring (bicyclic) bond motifs is 1. The third kappa shape index (κ3) is 3.03. The van der Waals surface area contributed by atoms with Crippen LogP contribution in [0.2, 0.25) is 0 Å². The number of nitrogens with one attached hydrogen (secondary N) is 1. The van der Waals surface area contributed by atoms with Crippen molar-refractivity contribution >= 4 is 28.3 Å². The molecule has 0 unspecified atom stereocenters. The van der Waals surface area contributed by atoms with Crippen LogP contribution in [0.25, 0.3) is 0 Å². The Balaban J connectivity index is 1.84. The summed E-state index contributed by atoms with van der Waals surface area (Å²) in [6.45, 7) is 12.6.